The summed E-state index contributed by atoms with van der Waals surface area (Å²) in [7, 11) is 7.45. The fourth-order valence-corrected chi connectivity index (χ4v) is 2.53. The number of nitrogens with zero attached hydrogens (tertiary/aromatic N) is 2. The Kier molecular flexibility index (Phi) is 5.09. The first-order chi connectivity index (χ1) is 9.65. The van der Waals surface area contributed by atoms with E-state index in [1.807, 2.05) is 19.0 Å². The zero-order valence-corrected chi connectivity index (χ0v) is 12.9. The summed E-state index contributed by atoms with van der Waals surface area (Å²) in [5, 5.41) is 3.37. The van der Waals surface area contributed by atoms with Gasteiger partial charge in [-0.2, -0.15) is 0 Å². The molecule has 20 heavy (non-hydrogen) atoms. The number of hydrogen-bond donors (Lipinski definition) is 1. The van der Waals surface area contributed by atoms with Gasteiger partial charge in [0.25, 0.3) is 0 Å². The van der Waals surface area contributed by atoms with Crippen LogP contribution in [0, 0.1) is 0 Å². The third-order valence-electron chi connectivity index (χ3n) is 3.67. The first-order valence-corrected chi connectivity index (χ1v) is 7.01. The largest absolute Gasteiger partial charge is 0.496 e. The monoisotopic (exact) mass is 279 g/mol. The Morgan fingerprint density at radius 3 is 2.30 bits per heavy atom. The van der Waals surface area contributed by atoms with Gasteiger partial charge in [0, 0.05) is 58.4 Å². The number of anilines is 1. The van der Waals surface area contributed by atoms with Crippen molar-refractivity contribution in [1.29, 1.82) is 0 Å². The van der Waals surface area contributed by atoms with E-state index in [0.717, 1.165) is 49.9 Å². The van der Waals surface area contributed by atoms with E-state index in [1.165, 1.54) is 5.56 Å². The summed E-state index contributed by atoms with van der Waals surface area (Å²) < 4.78 is 11.1. The van der Waals surface area contributed by atoms with Crippen LogP contribution in [0.15, 0.2) is 12.1 Å². The molecule has 0 atom stereocenters. The number of piperazine rings is 1. The van der Waals surface area contributed by atoms with Crippen LogP contribution in [-0.4, -0.2) is 59.4 Å². The van der Waals surface area contributed by atoms with Crippen LogP contribution < -0.4 is 19.7 Å². The quantitative estimate of drug-likeness (QED) is 0.876. The van der Waals surface area contributed by atoms with Crippen molar-refractivity contribution in [3.8, 4) is 11.5 Å². The Hall–Kier alpha value is -1.46. The van der Waals surface area contributed by atoms with E-state index >= 15 is 0 Å². The highest BCUT2D eigenvalue weighted by molar-refractivity contribution is 5.63. The second-order valence-electron chi connectivity index (χ2n) is 5.26. The molecule has 0 unspecified atom stereocenters. The molecule has 0 radical (unpaired) electrons. The molecular weight excluding hydrogens is 254 g/mol. The Morgan fingerprint density at radius 1 is 1.10 bits per heavy atom. The maximum Gasteiger partial charge on any atom is 0.142 e. The van der Waals surface area contributed by atoms with E-state index in [0.29, 0.717) is 0 Å². The molecular formula is C15H25N3O2. The van der Waals surface area contributed by atoms with Gasteiger partial charge in [-0.3, -0.25) is 4.90 Å². The molecule has 1 aromatic carbocycles. The maximum absolute atomic E-state index is 5.55. The first-order valence-electron chi connectivity index (χ1n) is 7.01. The lowest BCUT2D eigenvalue weighted by Gasteiger charge is -2.28. The smallest absolute Gasteiger partial charge is 0.142 e. The predicted molar refractivity (Wildman–Crippen MR) is 82.0 cm³/mol. The Balaban J connectivity index is 2.26. The maximum atomic E-state index is 5.55. The van der Waals surface area contributed by atoms with Gasteiger partial charge < -0.3 is 19.7 Å². The summed E-state index contributed by atoms with van der Waals surface area (Å²) in [6.45, 7) is 5.14. The molecule has 5 heteroatoms. The van der Waals surface area contributed by atoms with E-state index in [1.54, 1.807) is 14.2 Å². The Labute approximate surface area is 121 Å². The summed E-state index contributed by atoms with van der Waals surface area (Å²) in [4.78, 5) is 4.47. The van der Waals surface area contributed by atoms with Gasteiger partial charge in [0.15, 0.2) is 0 Å². The van der Waals surface area contributed by atoms with Gasteiger partial charge in [-0.1, -0.05) is 0 Å². The average molecular weight is 279 g/mol. The molecule has 1 aliphatic heterocycles. The number of nitrogens with one attached hydrogen (secondary N) is 1. The lowest BCUT2D eigenvalue weighted by atomic mass is 10.1. The molecule has 1 fully saturated rings. The summed E-state index contributed by atoms with van der Waals surface area (Å²) >= 11 is 0. The third-order valence-corrected chi connectivity index (χ3v) is 3.67. The third kappa shape index (κ3) is 3.35. The molecule has 1 N–H and O–H groups in total. The van der Waals surface area contributed by atoms with Crippen molar-refractivity contribution in [2.75, 3.05) is 59.4 Å². The van der Waals surface area contributed by atoms with Crippen molar-refractivity contribution in [3.63, 3.8) is 0 Å². The van der Waals surface area contributed by atoms with Crippen molar-refractivity contribution in [3.05, 3.63) is 17.7 Å². The minimum atomic E-state index is 0.890. The van der Waals surface area contributed by atoms with Gasteiger partial charge >= 0.3 is 0 Å². The van der Waals surface area contributed by atoms with Gasteiger partial charge in [-0.15, -0.1) is 0 Å². The van der Waals surface area contributed by atoms with Gasteiger partial charge in [0.2, 0.25) is 0 Å². The van der Waals surface area contributed by atoms with Crippen LogP contribution in [-0.2, 0) is 6.54 Å². The van der Waals surface area contributed by atoms with Crippen LogP contribution in [0.25, 0.3) is 0 Å². The topological polar surface area (TPSA) is 37.0 Å². The lowest BCUT2D eigenvalue weighted by molar-refractivity contribution is 0.230. The zero-order valence-electron chi connectivity index (χ0n) is 12.9. The van der Waals surface area contributed by atoms with Crippen LogP contribution in [0.5, 0.6) is 11.5 Å². The fraction of sp³-hybridized carbons (Fsp3) is 0.600. The van der Waals surface area contributed by atoms with Crippen LogP contribution in [0.4, 0.5) is 5.69 Å². The Morgan fingerprint density at radius 2 is 1.75 bits per heavy atom. The SMILES string of the molecule is COc1cc(N(C)C)c(OC)cc1CN1CCNCC1. The summed E-state index contributed by atoms with van der Waals surface area (Å²) in [5.41, 5.74) is 2.21. The van der Waals surface area contributed by atoms with Crippen molar-refractivity contribution >= 4 is 5.69 Å². The molecule has 1 aliphatic rings. The summed E-state index contributed by atoms with van der Waals surface area (Å²) in [6.07, 6.45) is 0. The van der Waals surface area contributed by atoms with Crippen molar-refractivity contribution in [1.82, 2.24) is 10.2 Å². The van der Waals surface area contributed by atoms with E-state index < -0.39 is 0 Å². The average Bonchev–Trinajstić information content (AvgIpc) is 2.47. The minimum Gasteiger partial charge on any atom is -0.496 e. The zero-order chi connectivity index (χ0) is 14.5. The number of hydrogen-bond acceptors (Lipinski definition) is 5. The van der Waals surface area contributed by atoms with E-state index in [-0.39, 0.29) is 0 Å². The molecule has 0 aliphatic carbocycles. The fourth-order valence-electron chi connectivity index (χ4n) is 2.53. The molecule has 1 aromatic rings. The summed E-state index contributed by atoms with van der Waals surface area (Å²) in [5.74, 6) is 1.81. The molecule has 0 bridgehead atoms. The van der Waals surface area contributed by atoms with Crippen LogP contribution in [0.1, 0.15) is 5.56 Å². The number of ether oxygens (including phenoxy) is 2. The highest BCUT2D eigenvalue weighted by Crippen LogP contribution is 2.35. The molecule has 5 nitrogen and oxygen atoms in total. The number of benzene rings is 1. The van der Waals surface area contributed by atoms with E-state index in [9.17, 15) is 0 Å². The first kappa shape index (κ1) is 14.9. The van der Waals surface area contributed by atoms with Crippen LogP contribution >= 0.6 is 0 Å². The highest BCUT2D eigenvalue weighted by Gasteiger charge is 2.16. The van der Waals surface area contributed by atoms with Gasteiger partial charge in [-0.05, 0) is 6.07 Å². The van der Waals surface area contributed by atoms with Gasteiger partial charge in [-0.25, -0.2) is 0 Å². The standard InChI is InChI=1S/C15H25N3O2/c1-17(2)13-10-14(19-3)12(9-15(13)20-4)11-18-7-5-16-6-8-18/h9-10,16H,5-8,11H2,1-4H3. The lowest BCUT2D eigenvalue weighted by Crippen LogP contribution is -2.42. The molecule has 1 saturated heterocycles. The van der Waals surface area contributed by atoms with E-state index in [2.05, 4.69) is 22.3 Å². The van der Waals surface area contributed by atoms with E-state index in [4.69, 9.17) is 9.47 Å². The second-order valence-corrected chi connectivity index (χ2v) is 5.26. The second kappa shape index (κ2) is 6.81. The molecule has 0 amide bonds. The summed E-state index contributed by atoms with van der Waals surface area (Å²) in [6, 6.07) is 4.15. The van der Waals surface area contributed by atoms with Crippen LogP contribution in [0.3, 0.4) is 0 Å². The molecule has 2 rings (SSSR count). The molecule has 0 saturated carbocycles. The normalized spacial score (nSPS) is 16.0. The van der Waals surface area contributed by atoms with Crippen molar-refractivity contribution in [2.45, 2.75) is 6.54 Å². The minimum absolute atomic E-state index is 0.890. The number of rotatable bonds is 5. The number of methoxy groups -OCH3 is 2. The molecule has 0 spiro atoms. The van der Waals surface area contributed by atoms with Crippen LogP contribution in [0.2, 0.25) is 0 Å². The van der Waals surface area contributed by atoms with Crippen molar-refractivity contribution < 1.29 is 9.47 Å². The van der Waals surface area contributed by atoms with Gasteiger partial charge in [0.05, 0.1) is 19.9 Å². The molecule has 1 heterocycles. The highest BCUT2D eigenvalue weighted by atomic mass is 16.5. The molecule has 112 valence electrons. The van der Waals surface area contributed by atoms with Crippen molar-refractivity contribution in [2.24, 2.45) is 0 Å². The van der Waals surface area contributed by atoms with Gasteiger partial charge in [0.1, 0.15) is 11.5 Å². The predicted octanol–water partition coefficient (Wildman–Crippen LogP) is 1.17. The Bertz CT molecular complexity index is 443. The molecule has 0 aromatic heterocycles.